The highest BCUT2D eigenvalue weighted by molar-refractivity contribution is 9.13. The minimum Gasteiger partial charge on any atom is -0.394 e. The SMILES string of the molecule is CC(CO)(CO)NC(=O)c1c[nH]c2cc(Br)c(Br)cc12. The van der Waals surface area contributed by atoms with Crippen LogP contribution >= 0.6 is 31.9 Å². The number of nitrogens with one attached hydrogen (secondary N) is 2. The lowest BCUT2D eigenvalue weighted by Crippen LogP contribution is -2.51. The number of amides is 1. The van der Waals surface area contributed by atoms with Crippen molar-refractivity contribution in [3.63, 3.8) is 0 Å². The Kier molecular flexibility index (Phi) is 4.53. The molecule has 1 aromatic heterocycles. The molecule has 0 bridgehead atoms. The summed E-state index contributed by atoms with van der Waals surface area (Å²) < 4.78 is 1.72. The second-order valence-corrected chi connectivity index (χ2v) is 6.55. The molecular weight excluding hydrogens is 392 g/mol. The predicted octanol–water partition coefficient (Wildman–Crippen LogP) is 2.17. The number of rotatable bonds is 4. The Morgan fingerprint density at radius 2 is 1.90 bits per heavy atom. The predicted molar refractivity (Wildman–Crippen MR) is 83.7 cm³/mol. The smallest absolute Gasteiger partial charge is 0.254 e. The fraction of sp³-hybridized carbons (Fsp3) is 0.308. The number of carbonyl (C=O) groups is 1. The van der Waals surface area contributed by atoms with Crippen molar-refractivity contribution in [1.82, 2.24) is 10.3 Å². The standard InChI is InChI=1S/C13H14Br2N2O3/c1-13(5-18,6-19)17-12(20)8-4-16-11-3-10(15)9(14)2-7(8)11/h2-4,16,18-19H,5-6H2,1H3,(H,17,20). The maximum atomic E-state index is 12.3. The molecule has 0 aliphatic carbocycles. The Morgan fingerprint density at radius 3 is 2.50 bits per heavy atom. The van der Waals surface area contributed by atoms with Crippen LogP contribution in [0.3, 0.4) is 0 Å². The summed E-state index contributed by atoms with van der Waals surface area (Å²) in [7, 11) is 0. The molecule has 108 valence electrons. The van der Waals surface area contributed by atoms with Gasteiger partial charge in [-0.3, -0.25) is 4.79 Å². The molecule has 2 rings (SSSR count). The zero-order valence-corrected chi connectivity index (χ0v) is 13.9. The summed E-state index contributed by atoms with van der Waals surface area (Å²) in [4.78, 5) is 15.3. The molecule has 0 atom stereocenters. The normalized spacial score (nSPS) is 11.8. The van der Waals surface area contributed by atoms with Gasteiger partial charge < -0.3 is 20.5 Å². The quantitative estimate of drug-likeness (QED) is 0.628. The summed E-state index contributed by atoms with van der Waals surface area (Å²) in [6.07, 6.45) is 1.61. The van der Waals surface area contributed by atoms with E-state index in [0.717, 1.165) is 19.8 Å². The van der Waals surface area contributed by atoms with Crippen LogP contribution in [0.1, 0.15) is 17.3 Å². The zero-order valence-electron chi connectivity index (χ0n) is 10.7. The number of hydrogen-bond donors (Lipinski definition) is 4. The molecule has 20 heavy (non-hydrogen) atoms. The Bertz CT molecular complexity index is 650. The first-order chi connectivity index (χ1) is 9.40. The van der Waals surface area contributed by atoms with E-state index in [2.05, 4.69) is 42.2 Å². The Morgan fingerprint density at radius 1 is 1.30 bits per heavy atom. The molecule has 7 heteroatoms. The minimum atomic E-state index is -1.05. The van der Waals surface area contributed by atoms with Gasteiger partial charge in [-0.25, -0.2) is 0 Å². The average Bonchev–Trinajstić information content (AvgIpc) is 2.82. The van der Waals surface area contributed by atoms with Crippen LogP contribution in [-0.4, -0.2) is 39.9 Å². The number of fused-ring (bicyclic) bond motifs is 1. The van der Waals surface area contributed by atoms with E-state index in [1.54, 1.807) is 13.1 Å². The first kappa shape index (κ1) is 15.5. The van der Waals surface area contributed by atoms with Gasteiger partial charge in [-0.1, -0.05) is 0 Å². The first-order valence-corrected chi connectivity index (χ1v) is 7.49. The van der Waals surface area contributed by atoms with Crippen LogP contribution in [0.25, 0.3) is 10.9 Å². The molecule has 0 radical (unpaired) electrons. The second kappa shape index (κ2) is 5.85. The van der Waals surface area contributed by atoms with Crippen LogP contribution in [0.15, 0.2) is 27.3 Å². The van der Waals surface area contributed by atoms with Gasteiger partial charge in [-0.2, -0.15) is 0 Å². The third-order valence-electron chi connectivity index (χ3n) is 3.08. The summed E-state index contributed by atoms with van der Waals surface area (Å²) in [6.45, 7) is 0.895. The first-order valence-electron chi connectivity index (χ1n) is 5.90. The van der Waals surface area contributed by atoms with Gasteiger partial charge in [-0.15, -0.1) is 0 Å². The molecule has 0 saturated carbocycles. The van der Waals surface area contributed by atoms with E-state index < -0.39 is 5.54 Å². The van der Waals surface area contributed by atoms with Crippen LogP contribution in [-0.2, 0) is 0 Å². The highest BCUT2D eigenvalue weighted by Crippen LogP contribution is 2.30. The summed E-state index contributed by atoms with van der Waals surface area (Å²) in [5, 5.41) is 21.9. The molecular formula is C13H14Br2N2O3. The van der Waals surface area contributed by atoms with Gasteiger partial charge in [0.25, 0.3) is 5.91 Å². The van der Waals surface area contributed by atoms with E-state index in [1.807, 2.05) is 12.1 Å². The summed E-state index contributed by atoms with van der Waals surface area (Å²) in [6, 6.07) is 3.70. The lowest BCUT2D eigenvalue weighted by Gasteiger charge is -2.25. The summed E-state index contributed by atoms with van der Waals surface area (Å²) in [5.74, 6) is -0.351. The molecule has 4 N–H and O–H groups in total. The third kappa shape index (κ3) is 2.90. The van der Waals surface area contributed by atoms with Crippen molar-refractivity contribution < 1.29 is 15.0 Å². The number of aliphatic hydroxyl groups excluding tert-OH is 2. The highest BCUT2D eigenvalue weighted by Gasteiger charge is 2.26. The molecule has 1 heterocycles. The fourth-order valence-corrected chi connectivity index (χ4v) is 2.46. The number of halogens is 2. The number of carbonyl (C=O) groups excluding carboxylic acids is 1. The van der Waals surface area contributed by atoms with Crippen molar-refractivity contribution in [1.29, 1.82) is 0 Å². The monoisotopic (exact) mass is 404 g/mol. The van der Waals surface area contributed by atoms with Crippen molar-refractivity contribution >= 4 is 48.7 Å². The average molecular weight is 406 g/mol. The summed E-state index contributed by atoms with van der Waals surface area (Å²) in [5.41, 5.74) is 0.231. The summed E-state index contributed by atoms with van der Waals surface area (Å²) >= 11 is 6.80. The molecule has 2 aromatic rings. The van der Waals surface area contributed by atoms with Crippen LogP contribution in [0, 0.1) is 0 Å². The second-order valence-electron chi connectivity index (χ2n) is 4.85. The zero-order chi connectivity index (χ0) is 14.9. The lowest BCUT2D eigenvalue weighted by atomic mass is 10.0. The van der Waals surface area contributed by atoms with Gasteiger partial charge >= 0.3 is 0 Å². The van der Waals surface area contributed by atoms with Crippen molar-refractivity contribution in [2.75, 3.05) is 13.2 Å². The maximum absolute atomic E-state index is 12.3. The topological polar surface area (TPSA) is 85.3 Å². The van der Waals surface area contributed by atoms with Crippen molar-refractivity contribution in [3.8, 4) is 0 Å². The number of aromatic amines is 1. The Balaban J connectivity index is 2.38. The molecule has 0 saturated heterocycles. The number of hydrogen-bond acceptors (Lipinski definition) is 3. The molecule has 1 amide bonds. The van der Waals surface area contributed by atoms with E-state index in [1.165, 1.54) is 0 Å². The number of aromatic nitrogens is 1. The largest absolute Gasteiger partial charge is 0.394 e. The molecule has 0 fully saturated rings. The minimum absolute atomic E-state index is 0.340. The molecule has 0 unspecified atom stereocenters. The van der Waals surface area contributed by atoms with Crippen molar-refractivity contribution in [2.24, 2.45) is 0 Å². The third-order valence-corrected chi connectivity index (χ3v) is 4.92. The fourth-order valence-electron chi connectivity index (χ4n) is 1.78. The van der Waals surface area contributed by atoms with Crippen LogP contribution < -0.4 is 5.32 Å². The van der Waals surface area contributed by atoms with E-state index in [-0.39, 0.29) is 19.1 Å². The van der Waals surface area contributed by atoms with Gasteiger partial charge in [0, 0.05) is 26.0 Å². The Hall–Kier alpha value is -0.890. The lowest BCUT2D eigenvalue weighted by molar-refractivity contribution is 0.0725. The van der Waals surface area contributed by atoms with Crippen molar-refractivity contribution in [2.45, 2.75) is 12.5 Å². The number of benzene rings is 1. The van der Waals surface area contributed by atoms with Gasteiger partial charge in [0.1, 0.15) is 0 Å². The molecule has 1 aromatic carbocycles. The molecule has 0 aliphatic heterocycles. The van der Waals surface area contributed by atoms with Crippen LogP contribution in [0.4, 0.5) is 0 Å². The van der Waals surface area contributed by atoms with E-state index >= 15 is 0 Å². The maximum Gasteiger partial charge on any atom is 0.254 e. The van der Waals surface area contributed by atoms with E-state index in [9.17, 15) is 15.0 Å². The van der Waals surface area contributed by atoms with Gasteiger partial charge in [0.05, 0.1) is 24.3 Å². The van der Waals surface area contributed by atoms with Gasteiger partial charge in [-0.05, 0) is 50.9 Å². The highest BCUT2D eigenvalue weighted by atomic mass is 79.9. The molecule has 0 spiro atoms. The number of aliphatic hydroxyl groups is 2. The van der Waals surface area contributed by atoms with Crippen LogP contribution in [0.2, 0.25) is 0 Å². The Labute approximate surface area is 132 Å². The van der Waals surface area contributed by atoms with Crippen LogP contribution in [0.5, 0.6) is 0 Å². The molecule has 0 aliphatic rings. The van der Waals surface area contributed by atoms with E-state index in [0.29, 0.717) is 5.56 Å². The van der Waals surface area contributed by atoms with E-state index in [4.69, 9.17) is 0 Å². The number of H-pyrrole nitrogens is 1. The van der Waals surface area contributed by atoms with Gasteiger partial charge in [0.15, 0.2) is 0 Å². The van der Waals surface area contributed by atoms with Gasteiger partial charge in [0.2, 0.25) is 0 Å². The molecule has 5 nitrogen and oxygen atoms in total. The van der Waals surface area contributed by atoms with Crippen molar-refractivity contribution in [3.05, 3.63) is 32.8 Å².